The summed E-state index contributed by atoms with van der Waals surface area (Å²) in [6.07, 6.45) is 5.65. The molecule has 102 valence electrons. The van der Waals surface area contributed by atoms with Gasteiger partial charge in [-0.3, -0.25) is 4.68 Å². The molecule has 1 aliphatic rings. The zero-order valence-electron chi connectivity index (χ0n) is 11.9. The number of aryl methyl sites for hydroxylation is 2. The summed E-state index contributed by atoms with van der Waals surface area (Å²) >= 11 is 3.64. The maximum absolute atomic E-state index is 6.65. The van der Waals surface area contributed by atoms with Gasteiger partial charge in [0.15, 0.2) is 0 Å². The van der Waals surface area contributed by atoms with Crippen molar-refractivity contribution in [1.29, 1.82) is 0 Å². The van der Waals surface area contributed by atoms with Crippen molar-refractivity contribution in [2.75, 3.05) is 0 Å². The maximum Gasteiger partial charge on any atom is 0.0738 e. The fourth-order valence-corrected chi connectivity index (χ4v) is 3.88. The summed E-state index contributed by atoms with van der Waals surface area (Å²) in [4.78, 5) is 0. The lowest BCUT2D eigenvalue weighted by atomic mass is 9.67. The fraction of sp³-hybridized carbons (Fsp3) is 0.786. The largest absolute Gasteiger partial charge is 0.325 e. The van der Waals surface area contributed by atoms with Gasteiger partial charge in [-0.25, -0.2) is 0 Å². The third kappa shape index (κ3) is 2.80. The summed E-state index contributed by atoms with van der Waals surface area (Å²) in [5.74, 6) is 0. The SMILES string of the molecule is Cc1nn(C)c(CC2(N)CCCC(C)(C)C2)c1Br. The summed E-state index contributed by atoms with van der Waals surface area (Å²) < 4.78 is 3.09. The summed E-state index contributed by atoms with van der Waals surface area (Å²) in [6.45, 7) is 6.69. The molecule has 1 saturated carbocycles. The molecule has 0 radical (unpaired) electrons. The molecule has 0 spiro atoms. The Labute approximate surface area is 118 Å². The molecule has 1 aromatic rings. The van der Waals surface area contributed by atoms with Gasteiger partial charge in [0.25, 0.3) is 0 Å². The number of hydrogen-bond donors (Lipinski definition) is 1. The predicted molar refractivity (Wildman–Crippen MR) is 78.5 cm³/mol. The fourth-order valence-electron chi connectivity index (χ4n) is 3.41. The summed E-state index contributed by atoms with van der Waals surface area (Å²) in [6, 6.07) is 0. The Morgan fingerprint density at radius 2 is 2.06 bits per heavy atom. The summed E-state index contributed by atoms with van der Waals surface area (Å²) in [5.41, 5.74) is 9.22. The molecule has 3 nitrogen and oxygen atoms in total. The van der Waals surface area contributed by atoms with Gasteiger partial charge in [0.2, 0.25) is 0 Å². The zero-order chi connectivity index (χ0) is 13.6. The van der Waals surface area contributed by atoms with Gasteiger partial charge in [-0.1, -0.05) is 20.3 Å². The van der Waals surface area contributed by atoms with Crippen LogP contribution in [-0.2, 0) is 13.5 Å². The number of halogens is 1. The number of nitrogens with two attached hydrogens (primary N) is 1. The first-order chi connectivity index (χ1) is 8.22. The van der Waals surface area contributed by atoms with Crippen LogP contribution >= 0.6 is 15.9 Å². The number of aromatic nitrogens is 2. The van der Waals surface area contributed by atoms with E-state index in [2.05, 4.69) is 34.9 Å². The molecule has 1 heterocycles. The Hall–Kier alpha value is -0.350. The van der Waals surface area contributed by atoms with E-state index in [-0.39, 0.29) is 5.54 Å². The molecule has 1 atom stereocenters. The molecule has 1 aliphatic carbocycles. The van der Waals surface area contributed by atoms with Crippen molar-refractivity contribution in [3.05, 3.63) is 15.9 Å². The van der Waals surface area contributed by atoms with E-state index >= 15 is 0 Å². The molecule has 2 rings (SSSR count). The van der Waals surface area contributed by atoms with Gasteiger partial charge in [-0.2, -0.15) is 5.10 Å². The highest BCUT2D eigenvalue weighted by Crippen LogP contribution is 2.41. The number of rotatable bonds is 2. The van der Waals surface area contributed by atoms with Crippen LogP contribution in [0.4, 0.5) is 0 Å². The average molecular weight is 314 g/mol. The first kappa shape index (κ1) is 14.1. The molecule has 2 N–H and O–H groups in total. The normalized spacial score (nSPS) is 27.4. The molecule has 0 saturated heterocycles. The van der Waals surface area contributed by atoms with Crippen LogP contribution in [0.25, 0.3) is 0 Å². The lowest BCUT2D eigenvalue weighted by molar-refractivity contribution is 0.149. The van der Waals surface area contributed by atoms with Gasteiger partial charge in [0.1, 0.15) is 0 Å². The van der Waals surface area contributed by atoms with Crippen molar-refractivity contribution in [3.63, 3.8) is 0 Å². The standard InChI is InChI=1S/C14H24BrN3/c1-10-12(15)11(18(4)17-10)8-14(16)7-5-6-13(2,3)9-14/h5-9,16H2,1-4H3. The van der Waals surface area contributed by atoms with E-state index in [1.165, 1.54) is 18.5 Å². The van der Waals surface area contributed by atoms with Crippen molar-refractivity contribution in [1.82, 2.24) is 9.78 Å². The molecule has 1 fully saturated rings. The van der Waals surface area contributed by atoms with E-state index in [9.17, 15) is 0 Å². The third-order valence-electron chi connectivity index (χ3n) is 4.14. The Balaban J connectivity index is 2.22. The van der Waals surface area contributed by atoms with Crippen molar-refractivity contribution in [2.24, 2.45) is 18.2 Å². The first-order valence-corrected chi connectivity index (χ1v) is 7.49. The van der Waals surface area contributed by atoms with E-state index in [1.54, 1.807) is 0 Å². The topological polar surface area (TPSA) is 43.8 Å². The second kappa shape index (κ2) is 4.64. The minimum Gasteiger partial charge on any atom is -0.325 e. The highest BCUT2D eigenvalue weighted by atomic mass is 79.9. The van der Waals surface area contributed by atoms with Crippen molar-refractivity contribution in [2.45, 2.75) is 58.4 Å². The van der Waals surface area contributed by atoms with Crippen LogP contribution in [0, 0.1) is 12.3 Å². The van der Waals surface area contributed by atoms with Crippen LogP contribution < -0.4 is 5.73 Å². The molecular weight excluding hydrogens is 290 g/mol. The van der Waals surface area contributed by atoms with Gasteiger partial charge in [-0.05, 0) is 47.5 Å². The van der Waals surface area contributed by atoms with Crippen molar-refractivity contribution < 1.29 is 0 Å². The van der Waals surface area contributed by atoms with Crippen LogP contribution in [0.15, 0.2) is 4.47 Å². The Bertz CT molecular complexity index is 450. The van der Waals surface area contributed by atoms with Gasteiger partial charge in [-0.15, -0.1) is 0 Å². The Morgan fingerprint density at radius 3 is 2.56 bits per heavy atom. The van der Waals surface area contributed by atoms with Gasteiger partial charge in [0.05, 0.1) is 15.9 Å². The minimum atomic E-state index is -0.0789. The molecule has 18 heavy (non-hydrogen) atoms. The lowest BCUT2D eigenvalue weighted by Gasteiger charge is -2.42. The number of hydrogen-bond acceptors (Lipinski definition) is 2. The second-order valence-corrected chi connectivity index (χ2v) is 7.50. The zero-order valence-corrected chi connectivity index (χ0v) is 13.5. The van der Waals surface area contributed by atoms with E-state index in [0.717, 1.165) is 29.4 Å². The molecular formula is C14H24BrN3. The Morgan fingerprint density at radius 1 is 1.39 bits per heavy atom. The highest BCUT2D eigenvalue weighted by Gasteiger charge is 2.38. The Kier molecular flexibility index (Phi) is 3.63. The molecule has 4 heteroatoms. The van der Waals surface area contributed by atoms with Crippen molar-refractivity contribution in [3.8, 4) is 0 Å². The molecule has 0 amide bonds. The third-order valence-corrected chi connectivity index (χ3v) is 5.17. The first-order valence-electron chi connectivity index (χ1n) is 6.69. The highest BCUT2D eigenvalue weighted by molar-refractivity contribution is 9.10. The van der Waals surface area contributed by atoms with Gasteiger partial charge >= 0.3 is 0 Å². The van der Waals surface area contributed by atoms with E-state index in [4.69, 9.17) is 5.73 Å². The molecule has 1 aromatic heterocycles. The molecule has 0 bridgehead atoms. The molecule has 1 unspecified atom stereocenters. The lowest BCUT2D eigenvalue weighted by Crippen LogP contribution is -2.48. The second-order valence-electron chi connectivity index (χ2n) is 6.70. The van der Waals surface area contributed by atoms with Crippen LogP contribution in [0.5, 0.6) is 0 Å². The van der Waals surface area contributed by atoms with E-state index in [1.807, 2.05) is 18.7 Å². The summed E-state index contributed by atoms with van der Waals surface area (Å²) in [7, 11) is 2.00. The minimum absolute atomic E-state index is 0.0789. The van der Waals surface area contributed by atoms with Gasteiger partial charge in [0, 0.05) is 19.0 Å². The van der Waals surface area contributed by atoms with Crippen LogP contribution in [-0.4, -0.2) is 15.3 Å². The summed E-state index contributed by atoms with van der Waals surface area (Å²) in [5, 5.41) is 4.46. The maximum atomic E-state index is 6.65. The van der Waals surface area contributed by atoms with Crippen LogP contribution in [0.3, 0.4) is 0 Å². The van der Waals surface area contributed by atoms with Crippen LogP contribution in [0.1, 0.15) is 50.9 Å². The van der Waals surface area contributed by atoms with E-state index in [0.29, 0.717) is 5.41 Å². The predicted octanol–water partition coefficient (Wildman–Crippen LogP) is 3.33. The molecule has 0 aliphatic heterocycles. The average Bonchev–Trinajstić information content (AvgIpc) is 2.43. The number of nitrogens with zero attached hydrogens (tertiary/aromatic N) is 2. The van der Waals surface area contributed by atoms with E-state index < -0.39 is 0 Å². The van der Waals surface area contributed by atoms with Crippen LogP contribution in [0.2, 0.25) is 0 Å². The van der Waals surface area contributed by atoms with Crippen molar-refractivity contribution >= 4 is 15.9 Å². The monoisotopic (exact) mass is 313 g/mol. The smallest absolute Gasteiger partial charge is 0.0738 e. The molecule has 0 aromatic carbocycles. The quantitative estimate of drug-likeness (QED) is 0.910. The van der Waals surface area contributed by atoms with Gasteiger partial charge < -0.3 is 5.73 Å².